The second-order valence-corrected chi connectivity index (χ2v) is 6.82. The van der Waals surface area contributed by atoms with E-state index in [1.807, 2.05) is 11.0 Å². The van der Waals surface area contributed by atoms with E-state index in [1.165, 1.54) is 11.1 Å². The first kappa shape index (κ1) is 18.8. The Labute approximate surface area is 167 Å². The number of nitrogens with one attached hydrogen (secondary N) is 1. The molecule has 0 spiro atoms. The summed E-state index contributed by atoms with van der Waals surface area (Å²) in [6.45, 7) is 3.02. The Morgan fingerprint density at radius 1 is 1.28 bits per heavy atom. The minimum Gasteiger partial charge on any atom is -0.378 e. The van der Waals surface area contributed by atoms with Crippen LogP contribution in [0.1, 0.15) is 28.0 Å². The molecule has 2 aromatic rings. The van der Waals surface area contributed by atoms with Crippen molar-refractivity contribution in [2.45, 2.75) is 12.8 Å². The summed E-state index contributed by atoms with van der Waals surface area (Å²) in [5, 5.41) is 12.2. The van der Waals surface area contributed by atoms with Gasteiger partial charge in [0.15, 0.2) is 6.29 Å². The number of pyridine rings is 2. The minimum absolute atomic E-state index is 0.287. The average molecular weight is 392 g/mol. The van der Waals surface area contributed by atoms with Crippen LogP contribution in [0.5, 0.6) is 0 Å². The number of rotatable bonds is 3. The molecule has 29 heavy (non-hydrogen) atoms. The Hall–Kier alpha value is -3.51. The number of morpholine rings is 1. The van der Waals surface area contributed by atoms with Crippen molar-refractivity contribution in [3.8, 4) is 6.07 Å². The fourth-order valence-electron chi connectivity index (χ4n) is 3.56. The van der Waals surface area contributed by atoms with E-state index in [0.717, 1.165) is 24.1 Å². The number of anilines is 3. The molecular weight excluding hydrogens is 372 g/mol. The molecule has 0 aromatic carbocycles. The van der Waals surface area contributed by atoms with E-state index in [9.17, 15) is 14.9 Å². The Morgan fingerprint density at radius 3 is 2.86 bits per heavy atom. The molecule has 1 fully saturated rings. The van der Waals surface area contributed by atoms with Crippen molar-refractivity contribution in [3.05, 3.63) is 41.2 Å². The number of ether oxygens (including phenoxy) is 1. The van der Waals surface area contributed by atoms with Gasteiger partial charge in [0.05, 0.1) is 24.5 Å². The Balaban J connectivity index is 1.58. The molecule has 4 heterocycles. The van der Waals surface area contributed by atoms with Gasteiger partial charge in [0.2, 0.25) is 0 Å². The van der Waals surface area contributed by atoms with Gasteiger partial charge in [-0.2, -0.15) is 5.26 Å². The lowest BCUT2D eigenvalue weighted by Gasteiger charge is -2.30. The van der Waals surface area contributed by atoms with Crippen LogP contribution in [0.3, 0.4) is 0 Å². The number of amides is 2. The number of carbonyl (C=O) groups is 2. The highest BCUT2D eigenvalue weighted by molar-refractivity contribution is 6.01. The van der Waals surface area contributed by atoms with Gasteiger partial charge in [-0.1, -0.05) is 6.07 Å². The molecule has 148 valence electrons. The predicted octanol–water partition coefficient (Wildman–Crippen LogP) is 1.98. The number of carbonyl (C=O) groups excluding carboxylic acids is 2. The maximum Gasteiger partial charge on any atom is 0.328 e. The van der Waals surface area contributed by atoms with Crippen LogP contribution in [0.25, 0.3) is 0 Å². The van der Waals surface area contributed by atoms with Crippen molar-refractivity contribution >= 4 is 29.6 Å². The van der Waals surface area contributed by atoms with Crippen LogP contribution in [0, 0.1) is 11.3 Å². The van der Waals surface area contributed by atoms with E-state index < -0.39 is 0 Å². The Bertz CT molecular complexity index is 981. The highest BCUT2D eigenvalue weighted by atomic mass is 16.5. The van der Waals surface area contributed by atoms with Crippen molar-refractivity contribution in [3.63, 3.8) is 0 Å². The zero-order chi connectivity index (χ0) is 20.2. The van der Waals surface area contributed by atoms with E-state index >= 15 is 0 Å². The predicted molar refractivity (Wildman–Crippen MR) is 106 cm³/mol. The number of hydrogen-bond acceptors (Lipinski definition) is 7. The topological polar surface area (TPSA) is 111 Å². The average Bonchev–Trinajstić information content (AvgIpc) is 2.78. The fraction of sp³-hybridized carbons (Fsp3) is 0.350. The highest BCUT2D eigenvalue weighted by Gasteiger charge is 2.25. The number of aromatic nitrogens is 2. The van der Waals surface area contributed by atoms with Gasteiger partial charge in [0, 0.05) is 31.9 Å². The van der Waals surface area contributed by atoms with Crippen molar-refractivity contribution in [1.29, 1.82) is 5.26 Å². The maximum atomic E-state index is 12.9. The summed E-state index contributed by atoms with van der Waals surface area (Å²) in [7, 11) is 0. The third-order valence-corrected chi connectivity index (χ3v) is 5.02. The molecule has 0 atom stereocenters. The summed E-state index contributed by atoms with van der Waals surface area (Å²) < 4.78 is 5.37. The molecule has 0 unspecified atom stereocenters. The van der Waals surface area contributed by atoms with Gasteiger partial charge in [0.25, 0.3) is 0 Å². The molecule has 2 aliphatic heterocycles. The molecule has 2 aromatic heterocycles. The zero-order valence-electron chi connectivity index (χ0n) is 15.8. The van der Waals surface area contributed by atoms with Gasteiger partial charge < -0.3 is 9.64 Å². The zero-order valence-corrected chi connectivity index (χ0v) is 15.8. The van der Waals surface area contributed by atoms with Gasteiger partial charge in [-0.15, -0.1) is 0 Å². The lowest BCUT2D eigenvalue weighted by atomic mass is 10.1. The van der Waals surface area contributed by atoms with E-state index in [-0.39, 0.29) is 11.7 Å². The van der Waals surface area contributed by atoms with Crippen LogP contribution in [0.4, 0.5) is 22.1 Å². The normalized spacial score (nSPS) is 16.0. The van der Waals surface area contributed by atoms with Crippen molar-refractivity contribution in [2.75, 3.05) is 48.0 Å². The van der Waals surface area contributed by atoms with Crippen LogP contribution < -0.4 is 15.1 Å². The molecular formula is C20H20N6O3. The first-order chi connectivity index (χ1) is 14.2. The number of nitrogens with zero attached hydrogens (tertiary/aromatic N) is 5. The summed E-state index contributed by atoms with van der Waals surface area (Å²) in [6.07, 6.45) is 3.75. The lowest BCUT2D eigenvalue weighted by molar-refractivity contribution is 0.111. The Morgan fingerprint density at radius 2 is 2.10 bits per heavy atom. The van der Waals surface area contributed by atoms with E-state index in [2.05, 4.69) is 21.4 Å². The number of aldehydes is 1. The third kappa shape index (κ3) is 3.88. The number of hydrogen-bond donors (Lipinski definition) is 1. The summed E-state index contributed by atoms with van der Waals surface area (Å²) >= 11 is 0. The van der Waals surface area contributed by atoms with Crippen LogP contribution in [-0.2, 0) is 11.2 Å². The molecule has 2 amide bonds. The maximum absolute atomic E-state index is 12.9. The van der Waals surface area contributed by atoms with Crippen molar-refractivity contribution < 1.29 is 14.3 Å². The molecule has 0 radical (unpaired) electrons. The second kappa shape index (κ2) is 8.24. The SMILES string of the molecule is N#Cc1cnc(NC(=O)N2CCCc3ccc(C=O)nc32)cc1N1CCOCC1. The van der Waals surface area contributed by atoms with Gasteiger partial charge >= 0.3 is 6.03 Å². The molecule has 2 aliphatic rings. The summed E-state index contributed by atoms with van der Waals surface area (Å²) in [4.78, 5) is 36.1. The first-order valence-corrected chi connectivity index (χ1v) is 9.46. The number of fused-ring (bicyclic) bond motifs is 1. The number of nitriles is 1. The molecule has 1 saturated heterocycles. The standard InChI is InChI=1S/C20H20N6O3/c21-11-15-12-22-18(10-17(15)25-6-8-29-9-7-25)24-20(28)26-5-1-2-14-3-4-16(13-27)23-19(14)26/h3-4,10,12-13H,1-2,5-9H2,(H,22,24,28). The molecule has 0 aliphatic carbocycles. The molecule has 4 rings (SSSR count). The third-order valence-electron chi connectivity index (χ3n) is 5.02. The van der Waals surface area contributed by atoms with Crippen LogP contribution in [-0.4, -0.2) is 55.1 Å². The molecule has 9 nitrogen and oxygen atoms in total. The van der Waals surface area contributed by atoms with E-state index in [4.69, 9.17) is 4.74 Å². The first-order valence-electron chi connectivity index (χ1n) is 9.46. The van der Waals surface area contributed by atoms with Gasteiger partial charge in [-0.25, -0.2) is 14.8 Å². The van der Waals surface area contributed by atoms with E-state index in [1.54, 1.807) is 12.1 Å². The lowest BCUT2D eigenvalue weighted by Crippen LogP contribution is -2.40. The fourth-order valence-corrected chi connectivity index (χ4v) is 3.56. The Kier molecular flexibility index (Phi) is 5.35. The molecule has 0 saturated carbocycles. The number of urea groups is 1. The second-order valence-electron chi connectivity index (χ2n) is 6.82. The summed E-state index contributed by atoms with van der Waals surface area (Å²) in [5.74, 6) is 0.856. The van der Waals surface area contributed by atoms with Crippen LogP contribution in [0.2, 0.25) is 0 Å². The van der Waals surface area contributed by atoms with Crippen LogP contribution in [0.15, 0.2) is 24.4 Å². The monoisotopic (exact) mass is 392 g/mol. The molecule has 0 bridgehead atoms. The quantitative estimate of drug-likeness (QED) is 0.795. The van der Waals surface area contributed by atoms with Crippen molar-refractivity contribution in [1.82, 2.24) is 9.97 Å². The summed E-state index contributed by atoms with van der Waals surface area (Å²) in [5.41, 5.74) is 2.39. The summed E-state index contributed by atoms with van der Waals surface area (Å²) in [6, 6.07) is 6.98. The minimum atomic E-state index is -0.369. The van der Waals surface area contributed by atoms with E-state index in [0.29, 0.717) is 56.3 Å². The van der Waals surface area contributed by atoms with Gasteiger partial charge in [-0.3, -0.25) is 15.0 Å². The molecule has 1 N–H and O–H groups in total. The molecule has 9 heteroatoms. The smallest absolute Gasteiger partial charge is 0.328 e. The highest BCUT2D eigenvalue weighted by Crippen LogP contribution is 2.27. The van der Waals surface area contributed by atoms with Gasteiger partial charge in [0.1, 0.15) is 23.4 Å². The largest absolute Gasteiger partial charge is 0.378 e. The van der Waals surface area contributed by atoms with Crippen LogP contribution >= 0.6 is 0 Å². The number of aryl methyl sites for hydroxylation is 1. The van der Waals surface area contributed by atoms with Crippen molar-refractivity contribution in [2.24, 2.45) is 0 Å². The van der Waals surface area contributed by atoms with Gasteiger partial charge in [-0.05, 0) is 24.5 Å².